The molecule has 1 aromatic carbocycles. The Morgan fingerprint density at radius 2 is 2.16 bits per heavy atom. The number of oxazole rings is 1. The Labute approximate surface area is 147 Å². The van der Waals surface area contributed by atoms with Crippen LogP contribution in [0.25, 0.3) is 11.5 Å². The van der Waals surface area contributed by atoms with Gasteiger partial charge < -0.3 is 19.7 Å². The third-order valence-corrected chi connectivity index (χ3v) is 4.62. The Balaban J connectivity index is 1.58. The van der Waals surface area contributed by atoms with Crippen LogP contribution in [0.15, 0.2) is 34.9 Å². The molecular weight excluding hydrogens is 318 g/mol. The Hall–Kier alpha value is -2.34. The lowest BCUT2D eigenvalue weighted by molar-refractivity contribution is 0.131. The van der Waals surface area contributed by atoms with E-state index in [4.69, 9.17) is 4.42 Å². The van der Waals surface area contributed by atoms with Crippen LogP contribution >= 0.6 is 0 Å². The fourth-order valence-corrected chi connectivity index (χ4v) is 3.20. The first kappa shape index (κ1) is 17.5. The molecule has 2 amide bonds. The van der Waals surface area contributed by atoms with Crippen LogP contribution in [0.1, 0.15) is 36.9 Å². The van der Waals surface area contributed by atoms with Crippen LogP contribution in [0.5, 0.6) is 0 Å². The van der Waals surface area contributed by atoms with E-state index >= 15 is 0 Å². The van der Waals surface area contributed by atoms with Crippen molar-refractivity contribution < 1.29 is 14.3 Å². The highest BCUT2D eigenvalue weighted by Crippen LogP contribution is 2.21. The van der Waals surface area contributed by atoms with E-state index < -0.39 is 0 Å². The highest BCUT2D eigenvalue weighted by atomic mass is 16.3. The number of aryl methyl sites for hydroxylation is 1. The summed E-state index contributed by atoms with van der Waals surface area (Å²) < 4.78 is 5.52. The minimum atomic E-state index is -0.0990. The zero-order chi connectivity index (χ0) is 17.6. The Kier molecular flexibility index (Phi) is 5.71. The van der Waals surface area contributed by atoms with E-state index in [0.717, 1.165) is 31.4 Å². The first-order valence-electron chi connectivity index (χ1n) is 8.84. The van der Waals surface area contributed by atoms with Crippen molar-refractivity contribution in [3.63, 3.8) is 0 Å². The molecule has 2 N–H and O–H groups in total. The monoisotopic (exact) mass is 343 g/mol. The number of benzene rings is 1. The topological polar surface area (TPSA) is 78.6 Å². The van der Waals surface area contributed by atoms with Crippen LogP contribution < -0.4 is 5.32 Å². The number of aliphatic hydroxyl groups is 1. The molecule has 1 aliphatic heterocycles. The van der Waals surface area contributed by atoms with Crippen molar-refractivity contribution in [2.75, 3.05) is 13.2 Å². The van der Waals surface area contributed by atoms with Gasteiger partial charge in [0, 0.05) is 24.8 Å². The predicted molar refractivity (Wildman–Crippen MR) is 95.0 cm³/mol. The van der Waals surface area contributed by atoms with Crippen molar-refractivity contribution in [1.82, 2.24) is 15.2 Å². The number of nitrogens with one attached hydrogen (secondary N) is 1. The average Bonchev–Trinajstić information content (AvgIpc) is 3.10. The molecule has 1 atom stereocenters. The van der Waals surface area contributed by atoms with Gasteiger partial charge in [-0.15, -0.1) is 0 Å². The van der Waals surface area contributed by atoms with E-state index in [-0.39, 0.29) is 18.7 Å². The Bertz CT molecular complexity index is 694. The number of rotatable bonds is 5. The average molecular weight is 343 g/mol. The molecule has 2 heterocycles. The number of likely N-dealkylation sites (tertiary alicyclic amines) is 1. The molecule has 1 fully saturated rings. The number of amides is 2. The van der Waals surface area contributed by atoms with E-state index in [1.807, 2.05) is 36.1 Å². The van der Waals surface area contributed by atoms with Gasteiger partial charge in [0.1, 0.15) is 6.26 Å². The standard InChI is InChI=1S/C19H25N3O3/c1-14-5-7-15(8-6-14)18-21-16(13-25-18)12-20-19(24)22-10-3-2-4-17(22)9-11-23/h5-8,13,17,23H,2-4,9-12H2,1H3,(H,20,24). The number of piperidine rings is 1. The van der Waals surface area contributed by atoms with Crippen LogP contribution in [-0.4, -0.2) is 40.2 Å². The van der Waals surface area contributed by atoms with Gasteiger partial charge in [-0.1, -0.05) is 17.7 Å². The van der Waals surface area contributed by atoms with Crippen molar-refractivity contribution in [1.29, 1.82) is 0 Å². The zero-order valence-corrected chi connectivity index (χ0v) is 14.6. The van der Waals surface area contributed by atoms with E-state index in [2.05, 4.69) is 10.3 Å². The Morgan fingerprint density at radius 1 is 1.36 bits per heavy atom. The van der Waals surface area contributed by atoms with E-state index in [1.54, 1.807) is 6.26 Å². The summed E-state index contributed by atoms with van der Waals surface area (Å²) in [4.78, 5) is 18.7. The molecule has 6 heteroatoms. The van der Waals surface area contributed by atoms with Gasteiger partial charge in [0.15, 0.2) is 0 Å². The molecule has 0 aliphatic carbocycles. The summed E-state index contributed by atoms with van der Waals surface area (Å²) in [6.07, 6.45) is 5.29. The summed E-state index contributed by atoms with van der Waals surface area (Å²) in [5.41, 5.74) is 2.80. The van der Waals surface area contributed by atoms with E-state index in [0.29, 0.717) is 24.6 Å². The van der Waals surface area contributed by atoms with Crippen LogP contribution in [0.3, 0.4) is 0 Å². The quantitative estimate of drug-likeness (QED) is 0.874. The second-order valence-electron chi connectivity index (χ2n) is 6.52. The molecule has 3 rings (SSSR count). The van der Waals surface area contributed by atoms with Gasteiger partial charge in [-0.3, -0.25) is 0 Å². The highest BCUT2D eigenvalue weighted by Gasteiger charge is 2.26. The van der Waals surface area contributed by atoms with E-state index in [1.165, 1.54) is 5.56 Å². The molecule has 6 nitrogen and oxygen atoms in total. The largest absolute Gasteiger partial charge is 0.444 e. The molecule has 1 aliphatic rings. The van der Waals surface area contributed by atoms with Crippen LogP contribution in [-0.2, 0) is 6.54 Å². The fourth-order valence-electron chi connectivity index (χ4n) is 3.20. The molecule has 134 valence electrons. The number of carbonyl (C=O) groups excluding carboxylic acids is 1. The number of hydrogen-bond donors (Lipinski definition) is 2. The third-order valence-electron chi connectivity index (χ3n) is 4.62. The number of carbonyl (C=O) groups is 1. The van der Waals surface area contributed by atoms with Crippen molar-refractivity contribution in [2.45, 2.75) is 45.2 Å². The summed E-state index contributed by atoms with van der Waals surface area (Å²) in [7, 11) is 0. The number of urea groups is 1. The lowest BCUT2D eigenvalue weighted by Crippen LogP contribution is -2.48. The lowest BCUT2D eigenvalue weighted by atomic mass is 10.0. The summed E-state index contributed by atoms with van der Waals surface area (Å²) >= 11 is 0. The number of hydrogen-bond acceptors (Lipinski definition) is 4. The minimum absolute atomic E-state index is 0.0990. The second-order valence-corrected chi connectivity index (χ2v) is 6.52. The third kappa shape index (κ3) is 4.39. The van der Waals surface area contributed by atoms with Gasteiger partial charge in [-0.25, -0.2) is 9.78 Å². The number of aliphatic hydroxyl groups excluding tert-OH is 1. The Morgan fingerprint density at radius 3 is 2.92 bits per heavy atom. The molecule has 0 bridgehead atoms. The lowest BCUT2D eigenvalue weighted by Gasteiger charge is -2.35. The number of aromatic nitrogens is 1. The summed E-state index contributed by atoms with van der Waals surface area (Å²) in [5, 5.41) is 12.1. The van der Waals surface area contributed by atoms with Crippen molar-refractivity contribution in [3.05, 3.63) is 41.8 Å². The highest BCUT2D eigenvalue weighted by molar-refractivity contribution is 5.74. The summed E-state index contributed by atoms with van der Waals surface area (Å²) in [6.45, 7) is 3.21. The van der Waals surface area contributed by atoms with Crippen molar-refractivity contribution in [3.8, 4) is 11.5 Å². The molecule has 0 spiro atoms. The van der Waals surface area contributed by atoms with Crippen LogP contribution in [0, 0.1) is 6.92 Å². The molecule has 25 heavy (non-hydrogen) atoms. The first-order chi connectivity index (χ1) is 12.2. The minimum Gasteiger partial charge on any atom is -0.444 e. The number of nitrogens with zero attached hydrogens (tertiary/aromatic N) is 2. The maximum atomic E-state index is 12.4. The molecule has 0 saturated carbocycles. The summed E-state index contributed by atoms with van der Waals surface area (Å²) in [5.74, 6) is 0.556. The fraction of sp³-hybridized carbons (Fsp3) is 0.474. The van der Waals surface area contributed by atoms with Crippen LogP contribution in [0.4, 0.5) is 4.79 Å². The molecule has 1 unspecified atom stereocenters. The first-order valence-corrected chi connectivity index (χ1v) is 8.84. The second kappa shape index (κ2) is 8.16. The molecule has 1 saturated heterocycles. The smallest absolute Gasteiger partial charge is 0.317 e. The molecule has 1 aromatic heterocycles. The van der Waals surface area contributed by atoms with Gasteiger partial charge in [-0.2, -0.15) is 0 Å². The van der Waals surface area contributed by atoms with Crippen LogP contribution in [0.2, 0.25) is 0 Å². The molecular formula is C19H25N3O3. The molecule has 0 radical (unpaired) electrons. The van der Waals surface area contributed by atoms with Crippen molar-refractivity contribution in [2.24, 2.45) is 0 Å². The van der Waals surface area contributed by atoms with E-state index in [9.17, 15) is 9.90 Å². The normalized spacial score (nSPS) is 17.5. The SMILES string of the molecule is Cc1ccc(-c2nc(CNC(=O)N3CCCCC3CCO)co2)cc1. The van der Waals surface area contributed by atoms with Crippen molar-refractivity contribution >= 4 is 6.03 Å². The van der Waals surface area contributed by atoms with Gasteiger partial charge in [0.25, 0.3) is 0 Å². The predicted octanol–water partition coefficient (Wildman–Crippen LogP) is 3.10. The van der Waals surface area contributed by atoms with Gasteiger partial charge in [0.05, 0.1) is 12.2 Å². The maximum Gasteiger partial charge on any atom is 0.317 e. The summed E-state index contributed by atoms with van der Waals surface area (Å²) in [6, 6.07) is 7.99. The van der Waals surface area contributed by atoms with Gasteiger partial charge in [-0.05, 0) is 44.7 Å². The zero-order valence-electron chi connectivity index (χ0n) is 14.6. The van der Waals surface area contributed by atoms with Gasteiger partial charge >= 0.3 is 6.03 Å². The molecule has 2 aromatic rings. The van der Waals surface area contributed by atoms with Gasteiger partial charge in [0.2, 0.25) is 5.89 Å². The maximum absolute atomic E-state index is 12.4.